The van der Waals surface area contributed by atoms with Crippen LogP contribution < -0.4 is 14.8 Å². The van der Waals surface area contributed by atoms with Crippen LogP contribution in [0.25, 0.3) is 0 Å². The van der Waals surface area contributed by atoms with Crippen LogP contribution in [0.5, 0.6) is 11.5 Å². The molecule has 0 unspecified atom stereocenters. The van der Waals surface area contributed by atoms with Crippen LogP contribution in [-0.2, 0) is 16.1 Å². The lowest BCUT2D eigenvalue weighted by molar-refractivity contribution is -0.145. The Bertz CT molecular complexity index is 434. The van der Waals surface area contributed by atoms with Crippen LogP contribution in [0.15, 0.2) is 18.2 Å². The van der Waals surface area contributed by atoms with Gasteiger partial charge in [-0.05, 0) is 26.0 Å². The van der Waals surface area contributed by atoms with Gasteiger partial charge in [0.25, 0.3) is 0 Å². The lowest BCUT2D eigenvalue weighted by Gasteiger charge is -2.13. The van der Waals surface area contributed by atoms with Crippen molar-refractivity contribution in [1.29, 1.82) is 0 Å². The smallest absolute Gasteiger partial charge is 0.344 e. The van der Waals surface area contributed by atoms with Crippen LogP contribution in [0, 0.1) is 0 Å². The van der Waals surface area contributed by atoms with E-state index in [1.54, 1.807) is 6.92 Å². The molecule has 0 aliphatic rings. The van der Waals surface area contributed by atoms with Crippen LogP contribution in [0.2, 0.25) is 0 Å². The molecule has 5 nitrogen and oxygen atoms in total. The van der Waals surface area contributed by atoms with Crippen LogP contribution in [-0.4, -0.2) is 32.3 Å². The zero-order valence-electron chi connectivity index (χ0n) is 13.1. The highest BCUT2D eigenvalue weighted by atomic mass is 16.6. The molecule has 0 radical (unpaired) electrons. The number of nitrogens with one attached hydrogen (secondary N) is 1. The van der Waals surface area contributed by atoms with E-state index in [9.17, 15) is 4.79 Å². The third-order valence-electron chi connectivity index (χ3n) is 2.73. The van der Waals surface area contributed by atoms with E-state index in [1.807, 2.05) is 25.1 Å². The largest absolute Gasteiger partial charge is 0.493 e. The molecular formula is C16H25NO4. The monoisotopic (exact) mass is 295 g/mol. The van der Waals surface area contributed by atoms with Crippen molar-refractivity contribution < 1.29 is 19.0 Å². The topological polar surface area (TPSA) is 56.8 Å². The Labute approximate surface area is 126 Å². The van der Waals surface area contributed by atoms with Crippen molar-refractivity contribution in [2.45, 2.75) is 33.7 Å². The summed E-state index contributed by atoms with van der Waals surface area (Å²) in [4.78, 5) is 11.4. The Morgan fingerprint density at radius 3 is 2.67 bits per heavy atom. The van der Waals surface area contributed by atoms with E-state index in [1.165, 1.54) is 0 Å². The van der Waals surface area contributed by atoms with E-state index in [4.69, 9.17) is 14.2 Å². The summed E-state index contributed by atoms with van der Waals surface area (Å²) in [5, 5.41) is 3.24. The number of ether oxygens (including phenoxy) is 3. The molecule has 0 aliphatic carbocycles. The summed E-state index contributed by atoms with van der Waals surface area (Å²) in [7, 11) is 0. The maximum atomic E-state index is 11.4. The van der Waals surface area contributed by atoms with Gasteiger partial charge in [0.15, 0.2) is 6.61 Å². The summed E-state index contributed by atoms with van der Waals surface area (Å²) in [6, 6.07) is 5.69. The molecule has 0 bridgehead atoms. The normalized spacial score (nSPS) is 10.2. The number of carbonyl (C=O) groups excluding carboxylic acids is 1. The fourth-order valence-corrected chi connectivity index (χ4v) is 1.72. The summed E-state index contributed by atoms with van der Waals surface area (Å²) < 4.78 is 16.0. The minimum absolute atomic E-state index is 0.0931. The fraction of sp³-hybridized carbons (Fsp3) is 0.562. The van der Waals surface area contributed by atoms with E-state index < -0.39 is 0 Å². The second kappa shape index (κ2) is 10.0. The summed E-state index contributed by atoms with van der Waals surface area (Å²) in [6.07, 6.45) is 0.943. The Hall–Kier alpha value is -1.75. The van der Waals surface area contributed by atoms with E-state index in [-0.39, 0.29) is 12.6 Å². The molecule has 0 spiro atoms. The van der Waals surface area contributed by atoms with Gasteiger partial charge in [-0.25, -0.2) is 4.79 Å². The van der Waals surface area contributed by atoms with E-state index in [0.717, 1.165) is 24.3 Å². The third kappa shape index (κ3) is 6.49. The molecule has 1 aromatic rings. The van der Waals surface area contributed by atoms with Crippen molar-refractivity contribution in [1.82, 2.24) is 5.32 Å². The number of esters is 1. The van der Waals surface area contributed by atoms with Gasteiger partial charge in [-0.1, -0.05) is 19.9 Å². The molecule has 0 aliphatic heterocycles. The van der Waals surface area contributed by atoms with E-state index in [2.05, 4.69) is 12.2 Å². The molecule has 0 amide bonds. The molecule has 0 heterocycles. The van der Waals surface area contributed by atoms with Crippen molar-refractivity contribution in [3.05, 3.63) is 23.8 Å². The fourth-order valence-electron chi connectivity index (χ4n) is 1.72. The molecule has 1 rings (SSSR count). The van der Waals surface area contributed by atoms with Gasteiger partial charge in [0.2, 0.25) is 0 Å². The maximum Gasteiger partial charge on any atom is 0.344 e. The summed E-state index contributed by atoms with van der Waals surface area (Å²) >= 11 is 0. The molecule has 1 aromatic carbocycles. The minimum Gasteiger partial charge on any atom is -0.493 e. The Balaban J connectivity index is 2.75. The van der Waals surface area contributed by atoms with E-state index in [0.29, 0.717) is 25.5 Å². The standard InChI is InChI=1S/C16H25NO4/c1-4-9-20-14-8-7-13(11-17-5-2)15(10-14)21-12-16(18)19-6-3/h7-8,10,17H,4-6,9,11-12H2,1-3H3. The molecule has 0 fully saturated rings. The van der Waals surface area contributed by atoms with Crippen LogP contribution in [0.3, 0.4) is 0 Å². The molecular weight excluding hydrogens is 270 g/mol. The first-order chi connectivity index (χ1) is 10.2. The Morgan fingerprint density at radius 2 is 2.00 bits per heavy atom. The zero-order chi connectivity index (χ0) is 15.5. The Morgan fingerprint density at radius 1 is 1.19 bits per heavy atom. The van der Waals surface area contributed by atoms with Gasteiger partial charge in [0, 0.05) is 18.2 Å². The third-order valence-corrected chi connectivity index (χ3v) is 2.73. The maximum absolute atomic E-state index is 11.4. The molecule has 21 heavy (non-hydrogen) atoms. The van der Waals surface area contributed by atoms with Gasteiger partial charge < -0.3 is 19.5 Å². The molecule has 118 valence electrons. The average Bonchev–Trinajstić information content (AvgIpc) is 2.50. The molecule has 0 saturated carbocycles. The molecule has 1 N–H and O–H groups in total. The highest BCUT2D eigenvalue weighted by molar-refractivity contribution is 5.71. The summed E-state index contributed by atoms with van der Waals surface area (Å²) in [5.41, 5.74) is 0.991. The van der Waals surface area contributed by atoms with E-state index >= 15 is 0 Å². The second-order valence-electron chi connectivity index (χ2n) is 4.49. The highest BCUT2D eigenvalue weighted by Crippen LogP contribution is 2.25. The van der Waals surface area contributed by atoms with Crippen LogP contribution >= 0.6 is 0 Å². The van der Waals surface area contributed by atoms with Crippen molar-refractivity contribution in [3.63, 3.8) is 0 Å². The predicted octanol–water partition coefficient (Wildman–Crippen LogP) is 2.53. The van der Waals surface area contributed by atoms with Crippen molar-refractivity contribution in [3.8, 4) is 11.5 Å². The van der Waals surface area contributed by atoms with Gasteiger partial charge in [-0.2, -0.15) is 0 Å². The van der Waals surface area contributed by atoms with Gasteiger partial charge in [-0.15, -0.1) is 0 Å². The highest BCUT2D eigenvalue weighted by Gasteiger charge is 2.09. The molecule has 0 atom stereocenters. The van der Waals surface area contributed by atoms with Crippen LogP contribution in [0.1, 0.15) is 32.8 Å². The number of hydrogen-bond acceptors (Lipinski definition) is 5. The quantitative estimate of drug-likeness (QED) is 0.672. The van der Waals surface area contributed by atoms with Gasteiger partial charge in [0.05, 0.1) is 13.2 Å². The number of carbonyl (C=O) groups is 1. The first-order valence-electron chi connectivity index (χ1n) is 7.46. The first-order valence-corrected chi connectivity index (χ1v) is 7.46. The predicted molar refractivity (Wildman–Crippen MR) is 81.7 cm³/mol. The second-order valence-corrected chi connectivity index (χ2v) is 4.49. The van der Waals surface area contributed by atoms with Crippen molar-refractivity contribution >= 4 is 5.97 Å². The average molecular weight is 295 g/mol. The lowest BCUT2D eigenvalue weighted by Crippen LogP contribution is -2.17. The summed E-state index contributed by atoms with van der Waals surface area (Å²) in [6.45, 7) is 8.33. The minimum atomic E-state index is -0.369. The number of rotatable bonds is 10. The lowest BCUT2D eigenvalue weighted by atomic mass is 10.2. The molecule has 5 heteroatoms. The zero-order valence-corrected chi connectivity index (χ0v) is 13.1. The number of benzene rings is 1. The van der Waals surface area contributed by atoms with Crippen LogP contribution in [0.4, 0.5) is 0 Å². The number of hydrogen-bond donors (Lipinski definition) is 1. The Kier molecular flexibility index (Phi) is 8.28. The van der Waals surface area contributed by atoms with Gasteiger partial charge >= 0.3 is 5.97 Å². The molecule has 0 aromatic heterocycles. The summed E-state index contributed by atoms with van der Waals surface area (Å²) in [5.74, 6) is 1.03. The van der Waals surface area contributed by atoms with Crippen molar-refractivity contribution in [2.75, 3.05) is 26.4 Å². The SMILES string of the molecule is CCCOc1ccc(CNCC)c(OCC(=O)OCC)c1. The first kappa shape index (κ1) is 17.3. The molecule has 0 saturated heterocycles. The van der Waals surface area contributed by atoms with Gasteiger partial charge in [-0.3, -0.25) is 0 Å². The van der Waals surface area contributed by atoms with Gasteiger partial charge in [0.1, 0.15) is 11.5 Å². The van der Waals surface area contributed by atoms with Crippen molar-refractivity contribution in [2.24, 2.45) is 0 Å².